The highest BCUT2D eigenvalue weighted by Crippen LogP contribution is 2.45. The van der Waals surface area contributed by atoms with E-state index in [0.29, 0.717) is 23.9 Å². The van der Waals surface area contributed by atoms with Crippen molar-refractivity contribution in [2.45, 2.75) is 32.1 Å². The Morgan fingerprint density at radius 1 is 1.22 bits per heavy atom. The molecule has 142 valence electrons. The Balaban J connectivity index is 2.04. The van der Waals surface area contributed by atoms with Crippen molar-refractivity contribution in [2.24, 2.45) is 0 Å². The van der Waals surface area contributed by atoms with Crippen molar-refractivity contribution >= 4 is 45.9 Å². The van der Waals surface area contributed by atoms with E-state index in [4.69, 9.17) is 21.4 Å². The van der Waals surface area contributed by atoms with Gasteiger partial charge < -0.3 is 14.7 Å². The van der Waals surface area contributed by atoms with Crippen LogP contribution in [-0.2, 0) is 14.4 Å². The van der Waals surface area contributed by atoms with Crippen molar-refractivity contribution in [1.82, 2.24) is 0 Å². The minimum Gasteiger partial charge on any atom is -0.481 e. The third kappa shape index (κ3) is 3.90. The Bertz CT molecular complexity index is 911. The molecule has 0 aliphatic carbocycles. The normalized spacial score (nSPS) is 15.6. The number of esters is 1. The van der Waals surface area contributed by atoms with E-state index >= 15 is 0 Å². The van der Waals surface area contributed by atoms with Crippen LogP contribution < -0.4 is 9.64 Å². The number of nitrogens with zero attached hydrogens (tertiary/aromatic N) is 1. The molecular weight excluding hydrogens is 370 g/mol. The fourth-order valence-corrected chi connectivity index (χ4v) is 3.79. The van der Waals surface area contributed by atoms with Crippen molar-refractivity contribution in [3.8, 4) is 5.75 Å². The van der Waals surface area contributed by atoms with Gasteiger partial charge in [0.05, 0.1) is 5.69 Å². The lowest BCUT2D eigenvalue weighted by Gasteiger charge is -2.19. The maximum atomic E-state index is 12.7. The zero-order valence-electron chi connectivity index (χ0n) is 14.9. The number of hydrogen-bond donors (Lipinski definition) is 1. The average Bonchev–Trinajstić information content (AvgIpc) is 3.00. The summed E-state index contributed by atoms with van der Waals surface area (Å²) in [5.41, 5.74) is 1.64. The summed E-state index contributed by atoms with van der Waals surface area (Å²) in [6.07, 6.45) is 0.355. The zero-order valence-corrected chi connectivity index (χ0v) is 15.7. The van der Waals surface area contributed by atoms with E-state index < -0.39 is 11.9 Å². The summed E-state index contributed by atoms with van der Waals surface area (Å²) < 4.78 is 5.37. The molecular formula is C20H20ClNO5. The van der Waals surface area contributed by atoms with E-state index in [2.05, 4.69) is 0 Å². The molecule has 0 bridgehead atoms. The molecule has 3 rings (SSSR count). The smallest absolute Gasteiger partial charge is 0.308 e. The maximum Gasteiger partial charge on any atom is 0.308 e. The number of fused-ring (bicyclic) bond motifs is 3. The lowest BCUT2D eigenvalue weighted by Crippen LogP contribution is -2.30. The fourth-order valence-electron chi connectivity index (χ4n) is 3.54. The van der Waals surface area contributed by atoms with Crippen LogP contribution in [0.4, 0.5) is 5.69 Å². The number of ether oxygens (including phenoxy) is 1. The molecule has 0 saturated heterocycles. The van der Waals surface area contributed by atoms with Gasteiger partial charge in [-0.25, -0.2) is 0 Å². The van der Waals surface area contributed by atoms with Gasteiger partial charge in [-0.1, -0.05) is 24.3 Å². The minimum atomic E-state index is -0.925. The molecule has 1 amide bonds. The van der Waals surface area contributed by atoms with Gasteiger partial charge in [-0.2, -0.15) is 0 Å². The van der Waals surface area contributed by atoms with Crippen LogP contribution in [0.5, 0.6) is 5.75 Å². The number of rotatable bonds is 6. The first-order valence-electron chi connectivity index (χ1n) is 8.74. The van der Waals surface area contributed by atoms with Gasteiger partial charge in [0.15, 0.2) is 0 Å². The Kier molecular flexibility index (Phi) is 5.65. The zero-order chi connectivity index (χ0) is 19.6. The second-order valence-electron chi connectivity index (χ2n) is 6.55. The monoisotopic (exact) mass is 389 g/mol. The molecule has 1 N–H and O–H groups in total. The van der Waals surface area contributed by atoms with Gasteiger partial charge >= 0.3 is 11.9 Å². The van der Waals surface area contributed by atoms with E-state index in [-0.39, 0.29) is 31.1 Å². The number of alkyl halides is 1. The molecule has 0 unspecified atom stereocenters. The standard InChI is InChI=1S/C20H20ClNO5/c1-12(23)27-17-9-16-20(15-6-3-2-5-14(15)17)13(10-21)11-22(16)18(24)7-4-8-19(25)26/h2-3,5-6,9,13H,4,7-8,10-11H2,1H3,(H,25,26)/t13-/m1/s1. The third-order valence-corrected chi connectivity index (χ3v) is 5.02. The van der Waals surface area contributed by atoms with Gasteiger partial charge in [0, 0.05) is 49.6 Å². The van der Waals surface area contributed by atoms with Crippen molar-refractivity contribution in [1.29, 1.82) is 0 Å². The first kappa shape index (κ1) is 19.2. The van der Waals surface area contributed by atoms with Crippen molar-refractivity contribution in [3.63, 3.8) is 0 Å². The highest BCUT2D eigenvalue weighted by Gasteiger charge is 2.34. The van der Waals surface area contributed by atoms with Gasteiger partial charge in [-0.3, -0.25) is 14.4 Å². The van der Waals surface area contributed by atoms with Crippen LogP contribution in [0.15, 0.2) is 30.3 Å². The van der Waals surface area contributed by atoms with Gasteiger partial charge in [0.2, 0.25) is 5.91 Å². The Labute approximate surface area is 161 Å². The van der Waals surface area contributed by atoms with Gasteiger partial charge in [0.1, 0.15) is 5.75 Å². The molecule has 0 aromatic heterocycles. The van der Waals surface area contributed by atoms with E-state index in [9.17, 15) is 14.4 Å². The molecule has 6 nitrogen and oxygen atoms in total. The van der Waals surface area contributed by atoms with Crippen LogP contribution in [-0.4, -0.2) is 35.4 Å². The van der Waals surface area contributed by atoms with E-state index in [1.165, 1.54) is 6.92 Å². The minimum absolute atomic E-state index is 0.0404. The predicted octanol–water partition coefficient (Wildman–Crippen LogP) is 3.69. The van der Waals surface area contributed by atoms with E-state index in [1.807, 2.05) is 24.3 Å². The van der Waals surface area contributed by atoms with Crippen LogP contribution in [0, 0.1) is 0 Å². The van der Waals surface area contributed by atoms with Crippen molar-refractivity contribution < 1.29 is 24.2 Å². The molecule has 2 aromatic carbocycles. The number of amides is 1. The molecule has 0 radical (unpaired) electrons. The van der Waals surface area contributed by atoms with Crippen LogP contribution in [0.25, 0.3) is 10.8 Å². The van der Waals surface area contributed by atoms with E-state index in [1.54, 1.807) is 11.0 Å². The molecule has 7 heteroatoms. The number of halogens is 1. The second-order valence-corrected chi connectivity index (χ2v) is 6.86. The summed E-state index contributed by atoms with van der Waals surface area (Å²) in [5, 5.41) is 10.5. The topological polar surface area (TPSA) is 83.9 Å². The molecule has 1 heterocycles. The molecule has 27 heavy (non-hydrogen) atoms. The van der Waals surface area contributed by atoms with Gasteiger partial charge in [0.25, 0.3) is 0 Å². The van der Waals surface area contributed by atoms with Crippen LogP contribution in [0.2, 0.25) is 0 Å². The predicted molar refractivity (Wildman–Crippen MR) is 103 cm³/mol. The summed E-state index contributed by atoms with van der Waals surface area (Å²) in [6, 6.07) is 9.26. The molecule has 0 saturated carbocycles. The summed E-state index contributed by atoms with van der Waals surface area (Å²) in [4.78, 5) is 36.6. The third-order valence-electron chi connectivity index (χ3n) is 4.65. The highest BCUT2D eigenvalue weighted by atomic mass is 35.5. The van der Waals surface area contributed by atoms with Gasteiger partial charge in [-0.05, 0) is 17.4 Å². The van der Waals surface area contributed by atoms with Crippen LogP contribution in [0.1, 0.15) is 37.7 Å². The first-order valence-corrected chi connectivity index (χ1v) is 9.28. The number of carbonyl (C=O) groups is 3. The maximum absolute atomic E-state index is 12.7. The lowest BCUT2D eigenvalue weighted by molar-refractivity contribution is -0.137. The summed E-state index contributed by atoms with van der Waals surface area (Å²) in [7, 11) is 0. The van der Waals surface area contributed by atoms with E-state index in [0.717, 1.165) is 16.3 Å². The lowest BCUT2D eigenvalue weighted by atomic mass is 9.95. The second kappa shape index (κ2) is 7.96. The number of carboxylic acid groups (broad SMARTS) is 1. The molecule has 0 spiro atoms. The SMILES string of the molecule is CC(=O)Oc1cc2c(c3ccccc13)[C@H](CCl)CN2C(=O)CCCC(=O)O. The first-order chi connectivity index (χ1) is 12.9. The fraction of sp³-hybridized carbons (Fsp3) is 0.350. The summed E-state index contributed by atoms with van der Waals surface area (Å²) >= 11 is 6.17. The van der Waals surface area contributed by atoms with Crippen LogP contribution in [0.3, 0.4) is 0 Å². The average molecular weight is 390 g/mol. The Morgan fingerprint density at radius 2 is 1.93 bits per heavy atom. The largest absolute Gasteiger partial charge is 0.481 e. The number of hydrogen-bond acceptors (Lipinski definition) is 4. The quantitative estimate of drug-likeness (QED) is 0.462. The molecule has 1 aliphatic rings. The van der Waals surface area contributed by atoms with Crippen LogP contribution >= 0.6 is 11.6 Å². The number of aliphatic carboxylic acids is 1. The number of anilines is 1. The molecule has 0 fully saturated rings. The summed E-state index contributed by atoms with van der Waals surface area (Å²) in [6.45, 7) is 1.76. The Hall–Kier alpha value is -2.60. The van der Waals surface area contributed by atoms with Crippen molar-refractivity contribution in [2.75, 3.05) is 17.3 Å². The van der Waals surface area contributed by atoms with Crippen molar-refractivity contribution in [3.05, 3.63) is 35.9 Å². The number of carboxylic acids is 1. The number of benzene rings is 2. The number of carbonyl (C=O) groups excluding carboxylic acids is 2. The molecule has 1 atom stereocenters. The van der Waals surface area contributed by atoms with Gasteiger partial charge in [-0.15, -0.1) is 11.6 Å². The Morgan fingerprint density at radius 3 is 2.56 bits per heavy atom. The molecule has 2 aromatic rings. The summed E-state index contributed by atoms with van der Waals surface area (Å²) in [5.74, 6) is -0.813. The molecule has 1 aliphatic heterocycles. The highest BCUT2D eigenvalue weighted by molar-refractivity contribution is 6.19.